The first-order valence-corrected chi connectivity index (χ1v) is 14.8. The summed E-state index contributed by atoms with van der Waals surface area (Å²) in [6, 6.07) is 9.26. The van der Waals surface area contributed by atoms with Crippen LogP contribution in [0.3, 0.4) is 0 Å². The molecule has 10 heteroatoms. The molecule has 1 aliphatic carbocycles. The highest BCUT2D eigenvalue weighted by atomic mass is 16.6. The van der Waals surface area contributed by atoms with Crippen molar-refractivity contribution in [1.29, 1.82) is 0 Å². The highest BCUT2D eigenvalue weighted by molar-refractivity contribution is 5.84. The zero-order chi connectivity index (χ0) is 29.5. The van der Waals surface area contributed by atoms with Crippen LogP contribution in [-0.4, -0.2) is 77.3 Å². The maximum atomic E-state index is 10.9. The smallest absolute Gasteiger partial charge is 0.167 e. The highest BCUT2D eigenvalue weighted by Crippen LogP contribution is 2.38. The fourth-order valence-corrected chi connectivity index (χ4v) is 6.09. The monoisotopic (exact) mass is 563 g/mol. The lowest BCUT2D eigenvalue weighted by Crippen LogP contribution is -2.52. The Morgan fingerprint density at radius 2 is 1.93 bits per heavy atom. The SMILES string of the molecule is C/C(CC[C@H]1C[C@@H](N(C[C@H]2OC(n3cnc4c(N)ncnc43)[C@H](O)[C@@H]2O)C(C)C)C1)=N\c1cccc(C(C)(C)C)c1. The van der Waals surface area contributed by atoms with Crippen LogP contribution in [-0.2, 0) is 10.2 Å². The second-order valence-electron chi connectivity index (χ2n) is 13.1. The molecule has 1 aromatic carbocycles. The number of nitrogens with two attached hydrogens (primary N) is 1. The Bertz CT molecular complexity index is 1380. The van der Waals surface area contributed by atoms with E-state index in [-0.39, 0.29) is 17.3 Å². The summed E-state index contributed by atoms with van der Waals surface area (Å²) in [5, 5.41) is 21.8. The molecule has 4 N–H and O–H groups in total. The maximum Gasteiger partial charge on any atom is 0.167 e. The molecule has 0 amide bonds. The largest absolute Gasteiger partial charge is 0.387 e. The van der Waals surface area contributed by atoms with Gasteiger partial charge in [-0.3, -0.25) is 14.5 Å². The summed E-state index contributed by atoms with van der Waals surface area (Å²) < 4.78 is 7.86. The third-order valence-electron chi connectivity index (χ3n) is 8.68. The van der Waals surface area contributed by atoms with Crippen molar-refractivity contribution in [2.24, 2.45) is 10.9 Å². The first-order valence-electron chi connectivity index (χ1n) is 14.8. The second-order valence-corrected chi connectivity index (χ2v) is 13.1. The predicted octanol–water partition coefficient (Wildman–Crippen LogP) is 4.39. The Morgan fingerprint density at radius 3 is 2.63 bits per heavy atom. The highest BCUT2D eigenvalue weighted by Gasteiger charge is 2.46. The number of benzene rings is 1. The van der Waals surface area contributed by atoms with Crippen LogP contribution in [0.2, 0.25) is 0 Å². The van der Waals surface area contributed by atoms with Gasteiger partial charge >= 0.3 is 0 Å². The van der Waals surface area contributed by atoms with Gasteiger partial charge < -0.3 is 20.7 Å². The number of ether oxygens (including phenoxy) is 1. The van der Waals surface area contributed by atoms with E-state index in [9.17, 15) is 10.2 Å². The summed E-state index contributed by atoms with van der Waals surface area (Å²) in [4.78, 5) is 19.8. The van der Waals surface area contributed by atoms with Crippen LogP contribution in [0.1, 0.15) is 79.0 Å². The van der Waals surface area contributed by atoms with E-state index in [1.165, 1.54) is 23.9 Å². The number of aliphatic imine (C=N–C) groups is 1. The van der Waals surface area contributed by atoms with Crippen LogP contribution in [0.25, 0.3) is 11.2 Å². The summed E-state index contributed by atoms with van der Waals surface area (Å²) in [5.74, 6) is 0.919. The fourth-order valence-electron chi connectivity index (χ4n) is 6.09. The molecule has 0 spiro atoms. The number of hydrogen-bond donors (Lipinski definition) is 3. The molecule has 41 heavy (non-hydrogen) atoms. The molecule has 1 aliphatic heterocycles. The zero-order valence-electron chi connectivity index (χ0n) is 25.1. The van der Waals surface area contributed by atoms with Gasteiger partial charge in [0.1, 0.15) is 30.2 Å². The molecule has 4 atom stereocenters. The number of anilines is 1. The Labute approximate surface area is 242 Å². The zero-order valence-corrected chi connectivity index (χ0v) is 25.1. The number of hydrogen-bond acceptors (Lipinski definition) is 9. The van der Waals surface area contributed by atoms with Gasteiger partial charge in [0.2, 0.25) is 0 Å². The summed E-state index contributed by atoms with van der Waals surface area (Å²) in [6.45, 7) is 13.7. The van der Waals surface area contributed by atoms with Crippen molar-refractivity contribution >= 4 is 28.4 Å². The van der Waals surface area contributed by atoms with Gasteiger partial charge in [0.15, 0.2) is 17.7 Å². The molecule has 1 saturated carbocycles. The quantitative estimate of drug-likeness (QED) is 0.326. The van der Waals surface area contributed by atoms with Crippen LogP contribution < -0.4 is 5.73 Å². The molecule has 3 aromatic rings. The molecule has 5 rings (SSSR count). The number of aliphatic hydroxyl groups excluding tert-OH is 2. The van der Waals surface area contributed by atoms with E-state index in [0.717, 1.165) is 31.4 Å². The second kappa shape index (κ2) is 11.8. The molecular weight excluding hydrogens is 518 g/mol. The number of imidazole rings is 1. The minimum atomic E-state index is -1.11. The molecule has 10 nitrogen and oxygen atoms in total. The van der Waals surface area contributed by atoms with Crippen molar-refractivity contribution in [3.8, 4) is 0 Å². The number of aliphatic hydroxyl groups is 2. The average molecular weight is 564 g/mol. The standard InChI is InChI=1S/C31H45N7O3/c1-18(2)37(15-24-26(39)27(40)30(41-24)38-17-35-25-28(32)33-16-34-29(25)38)23-12-20(13-23)11-10-19(3)36-22-9-7-8-21(14-22)31(4,5)6/h7-9,14,16-18,20,23-24,26-27,30,39-40H,10-13,15H2,1-6H3,(H2,32,33,34)/b36-19+/t20-,23+,24-,26-,27-,30?/m1/s1. The van der Waals surface area contributed by atoms with E-state index in [0.29, 0.717) is 29.7 Å². The molecule has 0 bridgehead atoms. The van der Waals surface area contributed by atoms with Gasteiger partial charge in [0.25, 0.3) is 0 Å². The van der Waals surface area contributed by atoms with Crippen LogP contribution in [0.15, 0.2) is 41.9 Å². The third kappa shape index (κ3) is 6.30. The van der Waals surface area contributed by atoms with Gasteiger partial charge in [-0.2, -0.15) is 0 Å². The molecule has 1 unspecified atom stereocenters. The molecule has 2 fully saturated rings. The third-order valence-corrected chi connectivity index (χ3v) is 8.68. The van der Waals surface area contributed by atoms with E-state index < -0.39 is 24.5 Å². The van der Waals surface area contributed by atoms with Gasteiger partial charge in [-0.1, -0.05) is 32.9 Å². The van der Waals surface area contributed by atoms with E-state index in [1.807, 2.05) is 0 Å². The first kappa shape index (κ1) is 29.6. The van der Waals surface area contributed by atoms with E-state index >= 15 is 0 Å². The van der Waals surface area contributed by atoms with Crippen LogP contribution in [0, 0.1) is 5.92 Å². The lowest BCUT2D eigenvalue weighted by atomic mass is 9.76. The summed E-state index contributed by atoms with van der Waals surface area (Å²) >= 11 is 0. The summed E-state index contributed by atoms with van der Waals surface area (Å²) in [5.41, 5.74) is 10.4. The molecule has 3 heterocycles. The topological polar surface area (TPSA) is 135 Å². The maximum absolute atomic E-state index is 10.9. The Morgan fingerprint density at radius 1 is 1.17 bits per heavy atom. The normalized spacial score (nSPS) is 27.2. The number of aromatic nitrogens is 4. The van der Waals surface area contributed by atoms with Crippen molar-refractivity contribution in [2.45, 2.75) is 109 Å². The number of rotatable bonds is 9. The Hall–Kier alpha value is -2.92. The Kier molecular flexibility index (Phi) is 8.48. The number of nitrogens with zero attached hydrogens (tertiary/aromatic N) is 6. The lowest BCUT2D eigenvalue weighted by Gasteiger charge is -2.46. The van der Waals surface area contributed by atoms with Gasteiger partial charge in [0, 0.05) is 24.3 Å². The van der Waals surface area contributed by atoms with Crippen LogP contribution >= 0.6 is 0 Å². The van der Waals surface area contributed by atoms with Crippen molar-refractivity contribution < 1.29 is 14.9 Å². The molecule has 1 saturated heterocycles. The van der Waals surface area contributed by atoms with E-state index in [2.05, 4.69) is 85.7 Å². The van der Waals surface area contributed by atoms with Crippen LogP contribution in [0.5, 0.6) is 0 Å². The lowest BCUT2D eigenvalue weighted by molar-refractivity contribution is -0.0619. The fraction of sp³-hybridized carbons (Fsp3) is 0.613. The van der Waals surface area contributed by atoms with Crippen molar-refractivity contribution in [1.82, 2.24) is 24.4 Å². The van der Waals surface area contributed by atoms with Crippen molar-refractivity contribution in [2.75, 3.05) is 12.3 Å². The molecule has 2 aliphatic rings. The number of fused-ring (bicyclic) bond motifs is 1. The molecule has 0 radical (unpaired) electrons. The molecule has 222 valence electrons. The molecule has 2 aromatic heterocycles. The predicted molar refractivity (Wildman–Crippen MR) is 161 cm³/mol. The van der Waals surface area contributed by atoms with Crippen molar-refractivity contribution in [3.63, 3.8) is 0 Å². The summed E-state index contributed by atoms with van der Waals surface area (Å²) in [6.07, 6.45) is 3.76. The van der Waals surface area contributed by atoms with Gasteiger partial charge in [0.05, 0.1) is 12.0 Å². The average Bonchev–Trinajstić information content (AvgIpc) is 3.43. The molecular formula is C31H45N7O3. The van der Waals surface area contributed by atoms with Crippen LogP contribution in [0.4, 0.5) is 11.5 Å². The first-order chi connectivity index (χ1) is 19.4. The van der Waals surface area contributed by atoms with Crippen molar-refractivity contribution in [3.05, 3.63) is 42.5 Å². The minimum Gasteiger partial charge on any atom is -0.387 e. The van der Waals surface area contributed by atoms with E-state index in [1.54, 1.807) is 4.57 Å². The van der Waals surface area contributed by atoms with Gasteiger partial charge in [-0.25, -0.2) is 15.0 Å². The van der Waals surface area contributed by atoms with Gasteiger partial charge in [-0.15, -0.1) is 0 Å². The van der Waals surface area contributed by atoms with E-state index in [4.69, 9.17) is 15.5 Å². The summed E-state index contributed by atoms with van der Waals surface area (Å²) in [7, 11) is 0. The van der Waals surface area contributed by atoms with Gasteiger partial charge in [-0.05, 0) is 75.5 Å². The Balaban J connectivity index is 1.16. The number of nitrogen functional groups attached to an aromatic ring is 1. The minimum absolute atomic E-state index is 0.110.